The van der Waals surface area contributed by atoms with Gasteiger partial charge in [0.25, 0.3) is 0 Å². The number of aromatic carboxylic acids is 1. The second-order valence-electron chi connectivity index (χ2n) is 8.20. The highest BCUT2D eigenvalue weighted by atomic mass is 32.1. The van der Waals surface area contributed by atoms with Crippen molar-refractivity contribution in [3.8, 4) is 0 Å². The summed E-state index contributed by atoms with van der Waals surface area (Å²) >= 11 is 1.08. The molecule has 0 spiro atoms. The van der Waals surface area contributed by atoms with Crippen LogP contribution in [-0.2, 0) is 0 Å². The Bertz CT molecular complexity index is 929. The zero-order valence-electron chi connectivity index (χ0n) is 17.9. The summed E-state index contributed by atoms with van der Waals surface area (Å²) in [6.45, 7) is 7.19. The van der Waals surface area contributed by atoms with Gasteiger partial charge in [0, 0.05) is 51.9 Å². The fourth-order valence-corrected chi connectivity index (χ4v) is 4.80. The van der Waals surface area contributed by atoms with Gasteiger partial charge in [-0.3, -0.25) is 5.32 Å². The highest BCUT2D eigenvalue weighted by Gasteiger charge is 2.24. The Hall–Kier alpha value is -2.50. The number of carboxylic acid groups (broad SMARTS) is 1. The molecule has 0 bridgehead atoms. The lowest BCUT2D eigenvalue weighted by Crippen LogP contribution is -2.45. The molecule has 31 heavy (non-hydrogen) atoms. The van der Waals surface area contributed by atoms with Gasteiger partial charge in [-0.15, -0.1) is 0 Å². The van der Waals surface area contributed by atoms with Crippen LogP contribution in [0.15, 0.2) is 6.07 Å². The summed E-state index contributed by atoms with van der Waals surface area (Å²) in [4.78, 5) is 32.1. The smallest absolute Gasteiger partial charge is 0.347 e. The van der Waals surface area contributed by atoms with Crippen LogP contribution in [-0.4, -0.2) is 89.0 Å². The van der Waals surface area contributed by atoms with Crippen LogP contribution in [0.2, 0.25) is 0 Å². The van der Waals surface area contributed by atoms with E-state index >= 15 is 0 Å². The van der Waals surface area contributed by atoms with Gasteiger partial charge in [0.1, 0.15) is 16.5 Å². The SMILES string of the molecule is Cc1nc(Nc2nc(N3CCN(C)CC3)cc(N3CCCC(CO)C3)n2)sc1C(=O)O. The van der Waals surface area contributed by atoms with E-state index in [1.165, 1.54) is 0 Å². The summed E-state index contributed by atoms with van der Waals surface area (Å²) < 4.78 is 0. The molecule has 2 fully saturated rings. The normalized spacial score (nSPS) is 20.2. The van der Waals surface area contributed by atoms with Gasteiger partial charge in [0.05, 0.1) is 5.69 Å². The third-order valence-corrected chi connectivity index (χ3v) is 6.90. The number of hydrogen-bond acceptors (Lipinski definition) is 10. The summed E-state index contributed by atoms with van der Waals surface area (Å²) in [6.07, 6.45) is 2.03. The first-order valence-electron chi connectivity index (χ1n) is 10.6. The molecule has 1 atom stereocenters. The first-order chi connectivity index (χ1) is 14.9. The summed E-state index contributed by atoms with van der Waals surface area (Å²) in [5, 5.41) is 22.5. The standard InChI is InChI=1S/C20H29N7O3S/c1-13-17(18(29)30)31-20(21-13)24-19-22-15(26-8-6-25(2)7-9-26)10-16(23-19)27-5-3-4-14(11-27)12-28/h10,14,28H,3-9,11-12H2,1-2H3,(H,29,30)(H,21,22,23,24). The highest BCUT2D eigenvalue weighted by molar-refractivity contribution is 7.17. The molecule has 2 aromatic heterocycles. The molecular weight excluding hydrogens is 418 g/mol. The van der Waals surface area contributed by atoms with E-state index in [0.717, 1.165) is 75.1 Å². The zero-order valence-corrected chi connectivity index (χ0v) is 18.7. The molecule has 2 saturated heterocycles. The molecule has 0 aromatic carbocycles. The number of nitrogens with one attached hydrogen (secondary N) is 1. The maximum atomic E-state index is 11.4. The van der Waals surface area contributed by atoms with Gasteiger partial charge in [-0.25, -0.2) is 9.78 Å². The quantitative estimate of drug-likeness (QED) is 0.603. The van der Waals surface area contributed by atoms with Crippen LogP contribution in [0.3, 0.4) is 0 Å². The maximum absolute atomic E-state index is 11.4. The average Bonchev–Trinajstić information content (AvgIpc) is 3.14. The van der Waals surface area contributed by atoms with Crippen molar-refractivity contribution in [3.63, 3.8) is 0 Å². The third-order valence-electron chi connectivity index (χ3n) is 5.84. The van der Waals surface area contributed by atoms with Gasteiger partial charge >= 0.3 is 5.97 Å². The minimum Gasteiger partial charge on any atom is -0.477 e. The van der Waals surface area contributed by atoms with Crippen LogP contribution in [0.5, 0.6) is 0 Å². The van der Waals surface area contributed by atoms with Crippen LogP contribution in [0.1, 0.15) is 28.2 Å². The van der Waals surface area contributed by atoms with Crippen molar-refractivity contribution >= 4 is 40.0 Å². The van der Waals surface area contributed by atoms with Gasteiger partial charge in [0.15, 0.2) is 5.13 Å². The van der Waals surface area contributed by atoms with Crippen molar-refractivity contribution in [1.29, 1.82) is 0 Å². The van der Waals surface area contributed by atoms with E-state index in [1.54, 1.807) is 6.92 Å². The number of aliphatic hydroxyl groups excluding tert-OH is 1. The summed E-state index contributed by atoms with van der Waals surface area (Å²) in [5.41, 5.74) is 0.470. The number of carboxylic acids is 1. The first-order valence-corrected chi connectivity index (χ1v) is 11.4. The van der Waals surface area contributed by atoms with Crippen LogP contribution >= 0.6 is 11.3 Å². The number of anilines is 4. The number of nitrogens with zero attached hydrogens (tertiary/aromatic N) is 6. The number of likely N-dealkylation sites (N-methyl/N-ethyl adjacent to an activating group) is 1. The molecule has 0 aliphatic carbocycles. The molecule has 4 heterocycles. The molecule has 10 nitrogen and oxygen atoms in total. The molecule has 2 aromatic rings. The van der Waals surface area contributed by atoms with E-state index in [2.05, 4.69) is 32.0 Å². The van der Waals surface area contributed by atoms with Gasteiger partial charge in [0.2, 0.25) is 5.95 Å². The number of aryl methyl sites for hydroxylation is 1. The minimum absolute atomic E-state index is 0.175. The zero-order chi connectivity index (χ0) is 22.0. The third kappa shape index (κ3) is 5.05. The van der Waals surface area contributed by atoms with Gasteiger partial charge in [-0.1, -0.05) is 11.3 Å². The largest absolute Gasteiger partial charge is 0.477 e. The van der Waals surface area contributed by atoms with Crippen LogP contribution in [0.4, 0.5) is 22.7 Å². The van der Waals surface area contributed by atoms with Crippen molar-refractivity contribution in [3.05, 3.63) is 16.6 Å². The topological polar surface area (TPSA) is 118 Å². The number of piperidine rings is 1. The van der Waals surface area contributed by atoms with Crippen LogP contribution in [0, 0.1) is 12.8 Å². The number of hydrogen-bond donors (Lipinski definition) is 3. The predicted octanol–water partition coefficient (Wildman–Crippen LogP) is 1.64. The van der Waals surface area contributed by atoms with Crippen molar-refractivity contribution in [2.45, 2.75) is 19.8 Å². The number of aromatic nitrogens is 3. The van der Waals surface area contributed by atoms with E-state index < -0.39 is 5.97 Å². The Morgan fingerprint density at radius 3 is 2.52 bits per heavy atom. The molecule has 168 valence electrons. The maximum Gasteiger partial charge on any atom is 0.347 e. The second-order valence-corrected chi connectivity index (χ2v) is 9.20. The second kappa shape index (κ2) is 9.33. The van der Waals surface area contributed by atoms with Crippen LogP contribution in [0.25, 0.3) is 0 Å². The average molecular weight is 448 g/mol. The molecule has 1 unspecified atom stereocenters. The molecule has 2 aliphatic rings. The Kier molecular flexibility index (Phi) is 6.54. The predicted molar refractivity (Wildman–Crippen MR) is 121 cm³/mol. The molecule has 0 saturated carbocycles. The number of aliphatic hydroxyl groups is 1. The summed E-state index contributed by atoms with van der Waals surface area (Å²) in [7, 11) is 2.11. The number of carbonyl (C=O) groups is 1. The number of piperazine rings is 1. The molecule has 0 radical (unpaired) electrons. The van der Waals surface area contributed by atoms with E-state index in [4.69, 9.17) is 9.97 Å². The fourth-order valence-electron chi connectivity index (χ4n) is 4.00. The lowest BCUT2D eigenvalue weighted by atomic mass is 9.99. The fraction of sp³-hybridized carbons (Fsp3) is 0.600. The molecule has 2 aliphatic heterocycles. The lowest BCUT2D eigenvalue weighted by Gasteiger charge is -2.35. The monoisotopic (exact) mass is 447 g/mol. The van der Waals surface area contributed by atoms with Crippen LogP contribution < -0.4 is 15.1 Å². The van der Waals surface area contributed by atoms with Crippen molar-refractivity contribution in [2.24, 2.45) is 5.92 Å². The summed E-state index contributed by atoms with van der Waals surface area (Å²) in [5.74, 6) is 1.32. The molecule has 0 amide bonds. The Morgan fingerprint density at radius 2 is 1.87 bits per heavy atom. The van der Waals surface area contributed by atoms with Gasteiger partial charge in [-0.05, 0) is 32.7 Å². The molecule has 3 N–H and O–H groups in total. The minimum atomic E-state index is -0.987. The number of thiazole rings is 1. The molecule has 11 heteroatoms. The van der Waals surface area contributed by atoms with Crippen molar-refractivity contribution in [1.82, 2.24) is 19.9 Å². The Labute approximate surface area is 185 Å². The van der Waals surface area contributed by atoms with E-state index in [0.29, 0.717) is 16.8 Å². The highest BCUT2D eigenvalue weighted by Crippen LogP contribution is 2.29. The van der Waals surface area contributed by atoms with E-state index in [-0.39, 0.29) is 17.4 Å². The Balaban J connectivity index is 1.64. The van der Waals surface area contributed by atoms with E-state index in [9.17, 15) is 15.0 Å². The van der Waals surface area contributed by atoms with Gasteiger partial charge < -0.3 is 24.9 Å². The molecular formula is C20H29N7O3S. The molecule has 4 rings (SSSR count). The number of rotatable bonds is 6. The van der Waals surface area contributed by atoms with Gasteiger partial charge in [-0.2, -0.15) is 9.97 Å². The van der Waals surface area contributed by atoms with Crippen molar-refractivity contribution in [2.75, 3.05) is 68.0 Å². The van der Waals surface area contributed by atoms with Crippen molar-refractivity contribution < 1.29 is 15.0 Å². The van der Waals surface area contributed by atoms with E-state index in [1.807, 2.05) is 6.07 Å². The summed E-state index contributed by atoms with van der Waals surface area (Å²) in [6, 6.07) is 2.02. The first kappa shape index (κ1) is 21.7. The lowest BCUT2D eigenvalue weighted by molar-refractivity contribution is 0.0701. The Morgan fingerprint density at radius 1 is 1.16 bits per heavy atom.